The monoisotopic (exact) mass is 693 g/mol. The van der Waals surface area contributed by atoms with Crippen molar-refractivity contribution in [2.24, 2.45) is 0 Å². The number of aromatic nitrogens is 3. The van der Waals surface area contributed by atoms with Crippen LogP contribution in [-0.2, 0) is 16.2 Å². The first-order chi connectivity index (χ1) is 25.2. The van der Waals surface area contributed by atoms with Crippen LogP contribution in [0.5, 0.6) is 5.75 Å². The molecule has 0 unspecified atom stereocenters. The predicted octanol–water partition coefficient (Wildman–Crippen LogP) is 12.5. The molecule has 2 aromatic heterocycles. The van der Waals surface area contributed by atoms with Crippen molar-refractivity contribution in [2.75, 3.05) is 0 Å². The molecule has 4 nitrogen and oxygen atoms in total. The maximum atomic E-state index is 12.2. The molecular formula is C49H47N3O. The third-order valence-corrected chi connectivity index (χ3v) is 10.8. The summed E-state index contributed by atoms with van der Waals surface area (Å²) in [4.78, 5) is 4.90. The molecule has 1 aliphatic carbocycles. The van der Waals surface area contributed by atoms with Gasteiger partial charge in [-0.1, -0.05) is 146 Å². The molecule has 264 valence electrons. The Kier molecular flexibility index (Phi) is 8.07. The van der Waals surface area contributed by atoms with Gasteiger partial charge in [-0.25, -0.2) is 4.68 Å². The van der Waals surface area contributed by atoms with Gasteiger partial charge in [-0.05, 0) is 80.6 Å². The van der Waals surface area contributed by atoms with Gasteiger partial charge in [0.05, 0.1) is 17.1 Å². The summed E-state index contributed by atoms with van der Waals surface area (Å²) in [6, 6.07) is 44.9. The summed E-state index contributed by atoms with van der Waals surface area (Å²) in [6.45, 7) is 17.8. The van der Waals surface area contributed by atoms with E-state index in [2.05, 4.69) is 181 Å². The number of phenols is 1. The van der Waals surface area contributed by atoms with Crippen LogP contribution in [0.4, 0.5) is 0 Å². The zero-order valence-corrected chi connectivity index (χ0v) is 32.0. The first-order valence-corrected chi connectivity index (χ1v) is 18.6. The molecular weight excluding hydrogens is 647 g/mol. The summed E-state index contributed by atoms with van der Waals surface area (Å²) in [5.74, 6) is 0.297. The van der Waals surface area contributed by atoms with E-state index in [4.69, 9.17) is 10.1 Å². The van der Waals surface area contributed by atoms with Gasteiger partial charge in [0, 0.05) is 39.4 Å². The van der Waals surface area contributed by atoms with Crippen LogP contribution in [0.1, 0.15) is 77.6 Å². The molecule has 0 fully saturated rings. The zero-order valence-electron chi connectivity index (χ0n) is 32.0. The zero-order chi connectivity index (χ0) is 37.3. The summed E-state index contributed by atoms with van der Waals surface area (Å²) in [5, 5.41) is 17.8. The number of pyridine rings is 1. The minimum atomic E-state index is -0.364. The number of hydrogen-bond donors (Lipinski definition) is 1. The Morgan fingerprint density at radius 3 is 1.87 bits per heavy atom. The van der Waals surface area contributed by atoms with Crippen molar-refractivity contribution in [3.8, 4) is 67.5 Å². The van der Waals surface area contributed by atoms with Gasteiger partial charge < -0.3 is 5.11 Å². The van der Waals surface area contributed by atoms with Gasteiger partial charge >= 0.3 is 0 Å². The Labute approximate surface area is 313 Å². The first kappa shape index (κ1) is 34.4. The number of aromatic hydroxyl groups is 1. The summed E-state index contributed by atoms with van der Waals surface area (Å²) < 4.78 is 2.12. The molecule has 7 aromatic rings. The molecule has 0 amide bonds. The minimum Gasteiger partial charge on any atom is -0.507 e. The number of rotatable bonds is 5. The molecule has 0 aliphatic heterocycles. The standard InChI is InChI=1S/C49H47N3O/c1-47(2,3)36-29-39(46(53)41(30-36)48(4,5)6)44-43-45(38-21-15-16-22-40(38)49(43,7)8)52(51-44)37-26-34(32-19-13-10-14-20-32)25-35(27-37)42-28-33(23-24-50-42)31-17-11-9-12-18-31/h9-30,53H,1-8H3. The van der Waals surface area contributed by atoms with E-state index in [1.165, 1.54) is 11.1 Å². The van der Waals surface area contributed by atoms with E-state index in [0.29, 0.717) is 5.75 Å². The fourth-order valence-corrected chi connectivity index (χ4v) is 7.90. The largest absolute Gasteiger partial charge is 0.507 e. The van der Waals surface area contributed by atoms with E-state index in [0.717, 1.165) is 72.8 Å². The van der Waals surface area contributed by atoms with Crippen molar-refractivity contribution in [3.05, 3.63) is 156 Å². The molecule has 53 heavy (non-hydrogen) atoms. The Balaban J connectivity index is 1.43. The fourth-order valence-electron chi connectivity index (χ4n) is 7.90. The molecule has 0 saturated carbocycles. The lowest BCUT2D eigenvalue weighted by atomic mass is 9.77. The highest BCUT2D eigenvalue weighted by Crippen LogP contribution is 2.55. The Hall–Kier alpha value is -5.74. The van der Waals surface area contributed by atoms with Crippen LogP contribution in [0, 0.1) is 0 Å². The third-order valence-electron chi connectivity index (χ3n) is 10.8. The number of fused-ring (bicyclic) bond motifs is 3. The molecule has 5 aromatic carbocycles. The molecule has 2 heterocycles. The lowest BCUT2D eigenvalue weighted by molar-refractivity contribution is 0.446. The summed E-state index contributed by atoms with van der Waals surface area (Å²) in [7, 11) is 0. The second kappa shape index (κ2) is 12.4. The van der Waals surface area contributed by atoms with E-state index >= 15 is 0 Å². The van der Waals surface area contributed by atoms with Crippen molar-refractivity contribution in [2.45, 2.75) is 71.6 Å². The highest BCUT2D eigenvalue weighted by atomic mass is 16.3. The van der Waals surface area contributed by atoms with E-state index < -0.39 is 0 Å². The van der Waals surface area contributed by atoms with Crippen molar-refractivity contribution >= 4 is 0 Å². The highest BCUT2D eigenvalue weighted by molar-refractivity contribution is 5.89. The van der Waals surface area contributed by atoms with Gasteiger partial charge in [-0.2, -0.15) is 5.10 Å². The topological polar surface area (TPSA) is 50.9 Å². The quantitative estimate of drug-likeness (QED) is 0.195. The molecule has 0 atom stereocenters. The van der Waals surface area contributed by atoms with Gasteiger partial charge in [0.1, 0.15) is 11.4 Å². The lowest BCUT2D eigenvalue weighted by Crippen LogP contribution is -2.18. The molecule has 0 saturated heterocycles. The molecule has 0 bridgehead atoms. The van der Waals surface area contributed by atoms with Gasteiger partial charge in [0.15, 0.2) is 0 Å². The van der Waals surface area contributed by atoms with Crippen LogP contribution < -0.4 is 0 Å². The van der Waals surface area contributed by atoms with Gasteiger partial charge in [0.25, 0.3) is 0 Å². The number of phenolic OH excluding ortho intramolecular Hbond substituents is 1. The van der Waals surface area contributed by atoms with Crippen LogP contribution in [-0.4, -0.2) is 19.9 Å². The van der Waals surface area contributed by atoms with Crippen molar-refractivity contribution in [1.29, 1.82) is 0 Å². The van der Waals surface area contributed by atoms with E-state index in [9.17, 15) is 5.11 Å². The van der Waals surface area contributed by atoms with Crippen LogP contribution in [0.15, 0.2) is 134 Å². The predicted molar refractivity (Wildman–Crippen MR) is 220 cm³/mol. The van der Waals surface area contributed by atoms with Crippen molar-refractivity contribution < 1.29 is 5.11 Å². The minimum absolute atomic E-state index is 0.132. The SMILES string of the molecule is CC(C)(C)c1cc(-c2nn(-c3cc(-c4ccccc4)cc(-c4cc(-c5ccccc5)ccn4)c3)c3c2C(C)(C)c2ccccc2-3)c(O)c(C(C)(C)C)c1. The average molecular weight is 694 g/mol. The maximum Gasteiger partial charge on any atom is 0.128 e. The summed E-state index contributed by atoms with van der Waals surface area (Å²) in [5.41, 5.74) is 14.8. The second-order valence-electron chi connectivity index (χ2n) is 17.0. The molecule has 8 rings (SSSR count). The molecule has 1 N–H and O–H groups in total. The van der Waals surface area contributed by atoms with E-state index in [-0.39, 0.29) is 16.2 Å². The van der Waals surface area contributed by atoms with Gasteiger partial charge in [-0.15, -0.1) is 0 Å². The second-order valence-corrected chi connectivity index (χ2v) is 17.0. The normalized spacial score (nSPS) is 13.5. The molecule has 0 spiro atoms. The van der Waals surface area contributed by atoms with Gasteiger partial charge in [0.2, 0.25) is 0 Å². The molecule has 1 aliphatic rings. The summed E-state index contributed by atoms with van der Waals surface area (Å²) in [6.07, 6.45) is 1.90. The highest BCUT2D eigenvalue weighted by Gasteiger charge is 2.43. The van der Waals surface area contributed by atoms with Crippen LogP contribution >= 0.6 is 0 Å². The van der Waals surface area contributed by atoms with E-state index in [1.807, 2.05) is 12.3 Å². The average Bonchev–Trinajstić information content (AvgIpc) is 3.66. The number of hydrogen-bond acceptors (Lipinski definition) is 3. The molecule has 4 heteroatoms. The van der Waals surface area contributed by atoms with Crippen molar-refractivity contribution in [1.82, 2.24) is 14.8 Å². The first-order valence-electron chi connectivity index (χ1n) is 18.6. The van der Waals surface area contributed by atoms with Gasteiger partial charge in [-0.3, -0.25) is 4.98 Å². The Morgan fingerprint density at radius 2 is 1.21 bits per heavy atom. The van der Waals surface area contributed by atoms with Crippen molar-refractivity contribution in [3.63, 3.8) is 0 Å². The fraction of sp³-hybridized carbons (Fsp3) is 0.224. The van der Waals surface area contributed by atoms with E-state index in [1.54, 1.807) is 0 Å². The summed E-state index contributed by atoms with van der Waals surface area (Å²) >= 11 is 0. The lowest BCUT2D eigenvalue weighted by Gasteiger charge is -2.28. The maximum absolute atomic E-state index is 12.2. The smallest absolute Gasteiger partial charge is 0.128 e. The Bertz CT molecular complexity index is 2490. The number of nitrogens with zero attached hydrogens (tertiary/aromatic N) is 3. The number of benzene rings is 5. The molecule has 0 radical (unpaired) electrons. The van der Waals surface area contributed by atoms with Crippen LogP contribution in [0.3, 0.4) is 0 Å². The third kappa shape index (κ3) is 5.96. The van der Waals surface area contributed by atoms with Crippen LogP contribution in [0.25, 0.3) is 61.7 Å². The van der Waals surface area contributed by atoms with Crippen LogP contribution in [0.2, 0.25) is 0 Å². The Morgan fingerprint density at radius 1 is 0.585 bits per heavy atom.